The summed E-state index contributed by atoms with van der Waals surface area (Å²) >= 11 is 6.65. The first-order chi connectivity index (χ1) is 21.3. The topological polar surface area (TPSA) is 82.3 Å². The minimum Gasteiger partial charge on any atom is -0.462 e. The number of halogens is 2. The van der Waals surface area contributed by atoms with Crippen molar-refractivity contribution in [1.82, 2.24) is 24.8 Å². The van der Waals surface area contributed by atoms with Crippen LogP contribution >= 0.6 is 11.6 Å². The van der Waals surface area contributed by atoms with Crippen molar-refractivity contribution >= 4 is 39.8 Å². The summed E-state index contributed by atoms with van der Waals surface area (Å²) in [6, 6.07) is 5.79. The molecule has 2 aliphatic heterocycles. The molecule has 4 heterocycles. The summed E-state index contributed by atoms with van der Waals surface area (Å²) in [5.74, 6) is 0.601. The van der Waals surface area contributed by atoms with Crippen LogP contribution in [0.15, 0.2) is 43.2 Å². The first-order valence-corrected chi connectivity index (χ1v) is 15.3. The zero-order valence-electron chi connectivity index (χ0n) is 24.9. The fourth-order valence-corrected chi connectivity index (χ4v) is 6.48. The number of fused-ring (bicyclic) bond motifs is 2. The maximum atomic E-state index is 14.3. The van der Waals surface area contributed by atoms with E-state index in [2.05, 4.69) is 26.2 Å². The van der Waals surface area contributed by atoms with Crippen molar-refractivity contribution in [2.45, 2.75) is 37.5 Å². The Morgan fingerprint density at radius 3 is 2.89 bits per heavy atom. The Morgan fingerprint density at radius 2 is 2.11 bits per heavy atom. The third kappa shape index (κ3) is 6.28. The molecule has 1 saturated heterocycles. The molecular formula is C32H36ClFN8O2. The molecule has 1 aliphatic carbocycles. The zero-order valence-corrected chi connectivity index (χ0v) is 25.6. The lowest BCUT2D eigenvalue weighted by Gasteiger charge is -2.41. The van der Waals surface area contributed by atoms with Crippen LogP contribution in [0.5, 0.6) is 6.01 Å². The van der Waals surface area contributed by atoms with Crippen LogP contribution in [0.1, 0.15) is 24.1 Å². The maximum Gasteiger partial charge on any atom is 0.318 e. The molecule has 1 atom stereocenters. The third-order valence-electron chi connectivity index (χ3n) is 8.67. The molecule has 6 rings (SSSR count). The first kappa shape index (κ1) is 30.0. The Hall–Kier alpha value is -4.01. The van der Waals surface area contributed by atoms with Crippen LogP contribution in [-0.2, 0) is 17.8 Å². The number of piperazine rings is 1. The number of hydrogen-bond acceptors (Lipinski definition) is 8. The van der Waals surface area contributed by atoms with Gasteiger partial charge < -0.3 is 24.3 Å². The Labute approximate surface area is 261 Å². The van der Waals surface area contributed by atoms with E-state index in [0.29, 0.717) is 76.7 Å². The highest BCUT2D eigenvalue weighted by Gasteiger charge is 2.43. The van der Waals surface area contributed by atoms with Crippen LogP contribution in [0.2, 0.25) is 5.02 Å². The third-order valence-corrected chi connectivity index (χ3v) is 8.98. The normalized spacial score (nSPS) is 19.1. The van der Waals surface area contributed by atoms with E-state index in [1.54, 1.807) is 4.90 Å². The number of amides is 1. The number of carbonyl (C=O) groups excluding carboxylic acids is 1. The molecule has 1 aromatic carbocycles. The summed E-state index contributed by atoms with van der Waals surface area (Å²) in [6.45, 7) is 15.3. The van der Waals surface area contributed by atoms with Crippen molar-refractivity contribution in [1.29, 1.82) is 0 Å². The average Bonchev–Trinajstić information content (AvgIpc) is 3.75. The van der Waals surface area contributed by atoms with Gasteiger partial charge in [-0.3, -0.25) is 14.7 Å². The summed E-state index contributed by atoms with van der Waals surface area (Å²) in [5.41, 5.74) is 1.75. The second-order valence-electron chi connectivity index (χ2n) is 11.8. The average molecular weight is 619 g/mol. The Bertz CT molecular complexity index is 1600. The van der Waals surface area contributed by atoms with Gasteiger partial charge in [-0.05, 0) is 38.5 Å². The van der Waals surface area contributed by atoms with E-state index in [4.69, 9.17) is 32.9 Å². The lowest BCUT2D eigenvalue weighted by atomic mass is 10.0. The van der Waals surface area contributed by atoms with Gasteiger partial charge in [0.05, 0.1) is 29.1 Å². The summed E-state index contributed by atoms with van der Waals surface area (Å²) in [7, 11) is 1.89. The van der Waals surface area contributed by atoms with Gasteiger partial charge in [-0.25, -0.2) is 11.0 Å². The molecule has 0 spiro atoms. The van der Waals surface area contributed by atoms with Gasteiger partial charge in [0.1, 0.15) is 24.1 Å². The highest BCUT2D eigenvalue weighted by Crippen LogP contribution is 2.40. The van der Waals surface area contributed by atoms with Gasteiger partial charge in [0.25, 0.3) is 0 Å². The first-order valence-electron chi connectivity index (χ1n) is 15.0. The number of aromatic nitrogens is 3. The van der Waals surface area contributed by atoms with Gasteiger partial charge in [-0.2, -0.15) is 9.97 Å². The number of benzene rings is 1. The Balaban J connectivity index is 1.29. The van der Waals surface area contributed by atoms with Crippen LogP contribution in [0.4, 0.5) is 15.9 Å². The zero-order chi connectivity index (χ0) is 30.8. The molecule has 0 unspecified atom stereocenters. The number of anilines is 2. The van der Waals surface area contributed by atoms with Gasteiger partial charge in [0.15, 0.2) is 0 Å². The number of carbonyl (C=O) groups is 1. The van der Waals surface area contributed by atoms with Crippen molar-refractivity contribution in [3.8, 4) is 6.01 Å². The van der Waals surface area contributed by atoms with E-state index in [1.165, 1.54) is 6.08 Å². The number of rotatable bonds is 10. The quantitative estimate of drug-likeness (QED) is 0.247. The molecule has 1 saturated carbocycles. The maximum absolute atomic E-state index is 14.3. The molecule has 3 aliphatic rings. The van der Waals surface area contributed by atoms with Gasteiger partial charge >= 0.3 is 6.01 Å². The molecule has 0 bridgehead atoms. The van der Waals surface area contributed by atoms with E-state index < -0.39 is 5.67 Å². The molecular weight excluding hydrogens is 583 g/mol. The molecule has 2 aromatic heterocycles. The SMILES string of the molecule is [C-]#[N+]C[C@H]1CN(c2nc(OCCN(C)CC3(F)CC3)nc3c2CCN(c2cncc4cccc(Cl)c24)C3)CCN1C(=O)C=C. The summed E-state index contributed by atoms with van der Waals surface area (Å²) in [5, 5.41) is 2.59. The van der Waals surface area contributed by atoms with Crippen LogP contribution in [0.25, 0.3) is 15.6 Å². The molecule has 3 aromatic rings. The van der Waals surface area contributed by atoms with E-state index in [1.807, 2.05) is 42.5 Å². The van der Waals surface area contributed by atoms with Crippen molar-refractivity contribution in [3.63, 3.8) is 0 Å². The smallest absolute Gasteiger partial charge is 0.318 e. The molecule has 0 radical (unpaired) electrons. The van der Waals surface area contributed by atoms with E-state index in [9.17, 15) is 9.18 Å². The van der Waals surface area contributed by atoms with Gasteiger partial charge in [0.2, 0.25) is 12.5 Å². The number of alkyl halides is 1. The standard InChI is InChI=1S/C32H36ClFN8O2/c1-4-28(43)42-13-12-41(19-23(42)17-35-2)30-24-8-11-40(27-18-36-16-22-6-5-7-25(33)29(22)27)20-26(24)37-31(38-30)44-15-14-39(3)21-32(34)9-10-32/h4-7,16,18,23H,1,8-15,17,19-21H2,3H3/t23-/m0/s1. The van der Waals surface area contributed by atoms with Crippen molar-refractivity contribution in [2.24, 2.45) is 0 Å². The van der Waals surface area contributed by atoms with Crippen LogP contribution < -0.4 is 14.5 Å². The molecule has 44 heavy (non-hydrogen) atoms. The molecule has 2 fully saturated rings. The molecule has 12 heteroatoms. The number of likely N-dealkylation sites (N-methyl/N-ethyl adjacent to an activating group) is 1. The Morgan fingerprint density at radius 1 is 1.27 bits per heavy atom. The van der Waals surface area contributed by atoms with Crippen molar-refractivity contribution < 1.29 is 13.9 Å². The van der Waals surface area contributed by atoms with Gasteiger partial charge in [-0.1, -0.05) is 30.3 Å². The second kappa shape index (κ2) is 12.5. The molecule has 0 N–H and O–H groups in total. The number of pyridine rings is 1. The number of hydrogen-bond donors (Lipinski definition) is 0. The van der Waals surface area contributed by atoms with E-state index in [-0.39, 0.29) is 24.5 Å². The van der Waals surface area contributed by atoms with Gasteiger partial charge in [-0.15, -0.1) is 0 Å². The second-order valence-corrected chi connectivity index (χ2v) is 12.2. The fourth-order valence-electron chi connectivity index (χ4n) is 6.20. The Kier molecular flexibility index (Phi) is 8.56. The van der Waals surface area contributed by atoms with Crippen LogP contribution in [0, 0.1) is 6.57 Å². The predicted molar refractivity (Wildman–Crippen MR) is 169 cm³/mol. The van der Waals surface area contributed by atoms with Gasteiger partial charge in [0, 0.05) is 61.8 Å². The fraction of sp³-hybridized carbons (Fsp3) is 0.469. The van der Waals surface area contributed by atoms with Crippen LogP contribution in [-0.4, -0.2) is 102 Å². The number of nitrogens with zero attached hydrogens (tertiary/aromatic N) is 8. The molecule has 1 amide bonds. The highest BCUT2D eigenvalue weighted by atomic mass is 35.5. The van der Waals surface area contributed by atoms with Crippen molar-refractivity contribution in [2.75, 3.05) is 69.3 Å². The van der Waals surface area contributed by atoms with E-state index in [0.717, 1.165) is 33.5 Å². The molecule has 230 valence electrons. The molecule has 10 nitrogen and oxygen atoms in total. The largest absolute Gasteiger partial charge is 0.462 e. The van der Waals surface area contributed by atoms with Crippen LogP contribution in [0.3, 0.4) is 0 Å². The minimum atomic E-state index is -1.07. The summed E-state index contributed by atoms with van der Waals surface area (Å²) < 4.78 is 20.4. The lowest BCUT2D eigenvalue weighted by molar-refractivity contribution is -0.128. The van der Waals surface area contributed by atoms with E-state index >= 15 is 0 Å². The predicted octanol–water partition coefficient (Wildman–Crippen LogP) is 4.18. The summed E-state index contributed by atoms with van der Waals surface area (Å²) in [4.78, 5) is 38.4. The minimum absolute atomic E-state index is 0.171. The monoisotopic (exact) mass is 618 g/mol. The highest BCUT2D eigenvalue weighted by molar-refractivity contribution is 6.36. The number of ether oxygens (including phenoxy) is 1. The summed E-state index contributed by atoms with van der Waals surface area (Å²) in [6.07, 6.45) is 6.88. The van der Waals surface area contributed by atoms with Crippen molar-refractivity contribution in [3.05, 3.63) is 70.9 Å². The lowest BCUT2D eigenvalue weighted by Crippen LogP contribution is -2.56.